The van der Waals surface area contributed by atoms with Crippen molar-refractivity contribution < 1.29 is 9.59 Å². The van der Waals surface area contributed by atoms with Crippen molar-refractivity contribution in [3.8, 4) is 0 Å². The zero-order valence-electron chi connectivity index (χ0n) is 20.9. The summed E-state index contributed by atoms with van der Waals surface area (Å²) in [6, 6.07) is 22.4. The highest BCUT2D eigenvalue weighted by Gasteiger charge is 2.41. The molecule has 1 aliphatic carbocycles. The van der Waals surface area contributed by atoms with Crippen molar-refractivity contribution in [1.82, 2.24) is 5.32 Å². The minimum atomic E-state index is -0.437. The van der Waals surface area contributed by atoms with E-state index in [9.17, 15) is 9.59 Å². The van der Waals surface area contributed by atoms with Crippen LogP contribution in [0.25, 0.3) is 0 Å². The van der Waals surface area contributed by atoms with Crippen molar-refractivity contribution in [3.05, 3.63) is 105 Å². The predicted molar refractivity (Wildman–Crippen MR) is 150 cm³/mol. The van der Waals surface area contributed by atoms with E-state index in [1.807, 2.05) is 65.6 Å². The van der Waals surface area contributed by atoms with E-state index in [0.717, 1.165) is 34.6 Å². The third-order valence-corrected chi connectivity index (χ3v) is 7.41. The second-order valence-corrected chi connectivity index (χ2v) is 11.3. The summed E-state index contributed by atoms with van der Waals surface area (Å²) in [4.78, 5) is 29.1. The van der Waals surface area contributed by atoms with Crippen molar-refractivity contribution in [3.63, 3.8) is 0 Å². The maximum Gasteiger partial charge on any atom is 0.239 e. The molecule has 0 saturated heterocycles. The fourth-order valence-corrected chi connectivity index (χ4v) is 5.48. The third-order valence-electron chi connectivity index (χ3n) is 6.91. The first-order valence-corrected chi connectivity index (χ1v) is 13.1. The van der Waals surface area contributed by atoms with Crippen LogP contribution in [0.5, 0.6) is 0 Å². The molecule has 3 aromatic rings. The van der Waals surface area contributed by atoms with Gasteiger partial charge in [0.2, 0.25) is 5.91 Å². The Kier molecular flexibility index (Phi) is 7.02. The van der Waals surface area contributed by atoms with Crippen LogP contribution in [0.3, 0.4) is 0 Å². The van der Waals surface area contributed by atoms with Gasteiger partial charge in [0.15, 0.2) is 5.78 Å². The number of halogens is 2. The highest BCUT2D eigenvalue weighted by Crippen LogP contribution is 2.48. The number of allylic oxidation sites excluding steroid dienone is 1. The number of fused-ring (bicyclic) bond motifs is 1. The number of hydrogen-bond donors (Lipinski definition) is 2. The van der Waals surface area contributed by atoms with E-state index in [1.54, 1.807) is 12.1 Å². The summed E-state index contributed by atoms with van der Waals surface area (Å²) in [6.45, 7) is 4.70. The van der Waals surface area contributed by atoms with Crippen LogP contribution < -0.4 is 15.5 Å². The van der Waals surface area contributed by atoms with Crippen LogP contribution in [-0.2, 0) is 16.1 Å². The molecule has 1 heterocycles. The summed E-state index contributed by atoms with van der Waals surface area (Å²) >= 11 is 12.2. The van der Waals surface area contributed by atoms with Crippen LogP contribution in [0.15, 0.2) is 84.1 Å². The van der Waals surface area contributed by atoms with Gasteiger partial charge in [-0.15, -0.1) is 0 Å². The molecule has 0 spiro atoms. The van der Waals surface area contributed by atoms with Gasteiger partial charge in [0.25, 0.3) is 0 Å². The lowest BCUT2D eigenvalue weighted by atomic mass is 9.73. The van der Waals surface area contributed by atoms with E-state index in [-0.39, 0.29) is 23.7 Å². The molecule has 2 N–H and O–H groups in total. The maximum atomic E-state index is 13.7. The van der Waals surface area contributed by atoms with E-state index < -0.39 is 6.04 Å². The normalized spacial score (nSPS) is 18.4. The second kappa shape index (κ2) is 10.2. The Morgan fingerprint density at radius 2 is 1.62 bits per heavy atom. The molecule has 190 valence electrons. The summed E-state index contributed by atoms with van der Waals surface area (Å²) in [7, 11) is 0. The molecule has 2 aliphatic rings. The van der Waals surface area contributed by atoms with Crippen molar-refractivity contribution >= 4 is 46.3 Å². The smallest absolute Gasteiger partial charge is 0.239 e. The van der Waals surface area contributed by atoms with Gasteiger partial charge in [0.1, 0.15) is 0 Å². The van der Waals surface area contributed by atoms with Crippen molar-refractivity contribution in [2.24, 2.45) is 5.41 Å². The van der Waals surface area contributed by atoms with Gasteiger partial charge in [-0.3, -0.25) is 9.59 Å². The molecule has 5 nitrogen and oxygen atoms in total. The van der Waals surface area contributed by atoms with Gasteiger partial charge < -0.3 is 15.5 Å². The Morgan fingerprint density at radius 1 is 0.973 bits per heavy atom. The molecule has 1 aliphatic heterocycles. The number of anilines is 2. The molecule has 0 fully saturated rings. The van der Waals surface area contributed by atoms with Crippen molar-refractivity contribution in [1.29, 1.82) is 0 Å². The van der Waals surface area contributed by atoms with Crippen molar-refractivity contribution in [2.75, 3.05) is 16.8 Å². The molecule has 5 rings (SSSR count). The Morgan fingerprint density at radius 3 is 2.32 bits per heavy atom. The Balaban J connectivity index is 1.56. The molecular weight excluding hydrogens is 505 g/mol. The largest absolute Gasteiger partial charge is 0.357 e. The SMILES string of the molecule is CC1(C)CC(=O)C2=C(C1)Nc1ccccc1N(CC(=O)NCc1ccc(Cl)cc1)C2c1ccc(Cl)cc1. The van der Waals surface area contributed by atoms with Crippen LogP contribution in [0, 0.1) is 5.41 Å². The van der Waals surface area contributed by atoms with Gasteiger partial charge in [0, 0.05) is 34.3 Å². The molecule has 0 saturated carbocycles. The highest BCUT2D eigenvalue weighted by molar-refractivity contribution is 6.30. The first-order valence-electron chi connectivity index (χ1n) is 12.4. The standard InChI is InChI=1S/C30H29Cl2N3O2/c1-30(2)15-24-28(26(36)16-30)29(20-9-13-22(32)14-10-20)35(25-6-4-3-5-23(25)34-24)18-27(37)33-17-19-7-11-21(31)12-8-19/h3-14,29,34H,15-18H2,1-2H3,(H,33,37). The highest BCUT2D eigenvalue weighted by atomic mass is 35.5. The summed E-state index contributed by atoms with van der Waals surface area (Å²) in [6.07, 6.45) is 1.19. The lowest BCUT2D eigenvalue weighted by molar-refractivity contribution is -0.120. The van der Waals surface area contributed by atoms with Gasteiger partial charge in [0.05, 0.1) is 24.0 Å². The molecule has 0 aromatic heterocycles. The average Bonchev–Trinajstić information content (AvgIpc) is 2.98. The second-order valence-electron chi connectivity index (χ2n) is 10.5. The first kappa shape index (κ1) is 25.4. The molecule has 0 radical (unpaired) electrons. The number of nitrogens with zero attached hydrogens (tertiary/aromatic N) is 1. The molecule has 1 amide bonds. The van der Waals surface area contributed by atoms with Crippen LogP contribution >= 0.6 is 23.2 Å². The predicted octanol–water partition coefficient (Wildman–Crippen LogP) is 6.93. The maximum absolute atomic E-state index is 13.7. The molecular formula is C30H29Cl2N3O2. The first-order chi connectivity index (χ1) is 17.7. The number of hydrogen-bond acceptors (Lipinski definition) is 4. The number of carbonyl (C=O) groups excluding carboxylic acids is 2. The summed E-state index contributed by atoms with van der Waals surface area (Å²) in [5.41, 5.74) is 5.08. The van der Waals surface area contributed by atoms with Gasteiger partial charge in [-0.05, 0) is 59.4 Å². The number of nitrogens with one attached hydrogen (secondary N) is 2. The van der Waals surface area contributed by atoms with Crippen LogP contribution in [0.2, 0.25) is 10.0 Å². The number of carbonyl (C=O) groups is 2. The number of ketones is 1. The average molecular weight is 534 g/mol. The minimum absolute atomic E-state index is 0.0764. The lowest BCUT2D eigenvalue weighted by Gasteiger charge is -2.37. The van der Waals surface area contributed by atoms with E-state index >= 15 is 0 Å². The topological polar surface area (TPSA) is 61.4 Å². The number of rotatable bonds is 5. The fraction of sp³-hybridized carbons (Fsp3) is 0.267. The van der Waals surface area contributed by atoms with Gasteiger partial charge in [-0.1, -0.05) is 73.4 Å². The van der Waals surface area contributed by atoms with E-state index in [0.29, 0.717) is 28.6 Å². The summed E-state index contributed by atoms with van der Waals surface area (Å²) in [5, 5.41) is 7.87. The Bertz CT molecular complexity index is 1360. The van der Waals surface area contributed by atoms with Gasteiger partial charge in [-0.25, -0.2) is 0 Å². The Labute approximate surface area is 227 Å². The summed E-state index contributed by atoms with van der Waals surface area (Å²) < 4.78 is 0. The van der Waals surface area contributed by atoms with Crippen LogP contribution in [-0.4, -0.2) is 18.2 Å². The van der Waals surface area contributed by atoms with E-state index in [4.69, 9.17) is 23.2 Å². The quantitative estimate of drug-likeness (QED) is 0.373. The number of amides is 1. The van der Waals surface area contributed by atoms with Gasteiger partial charge in [-0.2, -0.15) is 0 Å². The van der Waals surface area contributed by atoms with E-state index in [2.05, 4.69) is 24.5 Å². The lowest BCUT2D eigenvalue weighted by Crippen LogP contribution is -2.41. The zero-order valence-corrected chi connectivity index (χ0v) is 22.4. The molecule has 0 bridgehead atoms. The zero-order chi connectivity index (χ0) is 26.2. The molecule has 1 atom stereocenters. The number of benzene rings is 3. The summed E-state index contributed by atoms with van der Waals surface area (Å²) in [5.74, 6) is -0.0468. The molecule has 7 heteroatoms. The monoisotopic (exact) mass is 533 g/mol. The van der Waals surface area contributed by atoms with E-state index in [1.165, 1.54) is 0 Å². The molecule has 37 heavy (non-hydrogen) atoms. The number of Topliss-reactive ketones (excluding diaryl/α,β-unsaturated/α-hetero) is 1. The minimum Gasteiger partial charge on any atom is -0.357 e. The van der Waals surface area contributed by atoms with Crippen molar-refractivity contribution in [2.45, 2.75) is 39.3 Å². The molecule has 1 unspecified atom stereocenters. The third kappa shape index (κ3) is 5.53. The number of para-hydroxylation sites is 2. The fourth-order valence-electron chi connectivity index (χ4n) is 5.23. The van der Waals surface area contributed by atoms with Gasteiger partial charge >= 0.3 is 0 Å². The molecule has 3 aromatic carbocycles. The Hall–Kier alpha value is -3.28. The van der Waals surface area contributed by atoms with Crippen LogP contribution in [0.4, 0.5) is 11.4 Å². The van der Waals surface area contributed by atoms with Crippen LogP contribution in [0.1, 0.15) is 43.9 Å².